The normalized spacial score (nSPS) is 10.1. The highest BCUT2D eigenvalue weighted by atomic mass is 79.9. The Morgan fingerprint density at radius 1 is 1.14 bits per heavy atom. The Labute approximate surface area is 88.6 Å². The molecule has 70 valence electrons. The summed E-state index contributed by atoms with van der Waals surface area (Å²) < 4.78 is 0.906. The molecule has 0 unspecified atom stereocenters. The molecule has 2 heterocycles. The van der Waals surface area contributed by atoms with Crippen molar-refractivity contribution in [1.29, 1.82) is 0 Å². The van der Waals surface area contributed by atoms with E-state index in [9.17, 15) is 0 Å². The fourth-order valence-electron chi connectivity index (χ4n) is 0.940. The maximum absolute atomic E-state index is 5.43. The first-order valence-electron chi connectivity index (χ1n) is 3.82. The molecule has 5 nitrogen and oxygen atoms in total. The number of nitrogens with two attached hydrogens (primary N) is 1. The van der Waals surface area contributed by atoms with Crippen molar-refractivity contribution in [3.05, 3.63) is 29.1 Å². The molecule has 0 spiro atoms. The van der Waals surface area contributed by atoms with E-state index >= 15 is 0 Å². The van der Waals surface area contributed by atoms with Gasteiger partial charge in [0.25, 0.3) is 0 Å². The highest BCUT2D eigenvalue weighted by molar-refractivity contribution is 9.10. The molecule has 0 aromatic carbocycles. The molecule has 0 bridgehead atoms. The Morgan fingerprint density at radius 2 is 2.00 bits per heavy atom. The summed E-state index contributed by atoms with van der Waals surface area (Å²) in [7, 11) is 0. The van der Waals surface area contributed by atoms with Gasteiger partial charge in [0.05, 0.1) is 0 Å². The van der Waals surface area contributed by atoms with Gasteiger partial charge in [0.2, 0.25) is 5.95 Å². The third kappa shape index (κ3) is 1.85. The van der Waals surface area contributed by atoms with Crippen molar-refractivity contribution >= 4 is 21.9 Å². The van der Waals surface area contributed by atoms with E-state index in [1.807, 2.05) is 6.07 Å². The zero-order valence-corrected chi connectivity index (χ0v) is 8.64. The molecule has 0 radical (unpaired) electrons. The van der Waals surface area contributed by atoms with E-state index in [0.717, 1.165) is 4.47 Å². The molecule has 0 aliphatic carbocycles. The summed E-state index contributed by atoms with van der Waals surface area (Å²) in [6, 6.07) is 3.67. The molecule has 14 heavy (non-hydrogen) atoms. The average Bonchev–Trinajstić information content (AvgIpc) is 2.19. The molecule has 2 N–H and O–H groups in total. The van der Waals surface area contributed by atoms with Gasteiger partial charge < -0.3 is 5.73 Å². The first-order valence-corrected chi connectivity index (χ1v) is 4.61. The minimum Gasteiger partial charge on any atom is -0.368 e. The SMILES string of the molecule is Nc1ncnc(-c2ccc(Br)cn2)n1. The molecule has 2 aromatic rings. The van der Waals surface area contributed by atoms with Gasteiger partial charge >= 0.3 is 0 Å². The van der Waals surface area contributed by atoms with E-state index in [4.69, 9.17) is 5.73 Å². The number of hydrogen-bond donors (Lipinski definition) is 1. The highest BCUT2D eigenvalue weighted by Gasteiger charge is 2.02. The summed E-state index contributed by atoms with van der Waals surface area (Å²) in [6.07, 6.45) is 3.04. The van der Waals surface area contributed by atoms with Crippen LogP contribution >= 0.6 is 15.9 Å². The van der Waals surface area contributed by atoms with Crippen LogP contribution in [0.15, 0.2) is 29.1 Å². The smallest absolute Gasteiger partial charge is 0.223 e. The predicted octanol–water partition coefficient (Wildman–Crippen LogP) is 1.28. The van der Waals surface area contributed by atoms with Crippen molar-refractivity contribution in [1.82, 2.24) is 19.9 Å². The van der Waals surface area contributed by atoms with Gasteiger partial charge in [-0.25, -0.2) is 9.97 Å². The second kappa shape index (κ2) is 3.67. The van der Waals surface area contributed by atoms with Gasteiger partial charge in [-0.1, -0.05) is 0 Å². The van der Waals surface area contributed by atoms with E-state index in [1.54, 1.807) is 12.3 Å². The van der Waals surface area contributed by atoms with Gasteiger partial charge in [0.15, 0.2) is 5.82 Å². The van der Waals surface area contributed by atoms with E-state index in [1.165, 1.54) is 6.33 Å². The summed E-state index contributed by atoms with van der Waals surface area (Å²) in [5.41, 5.74) is 6.10. The van der Waals surface area contributed by atoms with Crippen molar-refractivity contribution in [3.63, 3.8) is 0 Å². The topological polar surface area (TPSA) is 77.6 Å². The Bertz CT molecular complexity index is 442. The summed E-state index contributed by atoms with van der Waals surface area (Å²) in [5, 5.41) is 0. The number of halogens is 1. The van der Waals surface area contributed by atoms with Crippen molar-refractivity contribution in [2.45, 2.75) is 0 Å². The maximum atomic E-state index is 5.43. The van der Waals surface area contributed by atoms with Crippen LogP contribution in [0.4, 0.5) is 5.95 Å². The minimum absolute atomic E-state index is 0.194. The van der Waals surface area contributed by atoms with Gasteiger partial charge in [-0.3, -0.25) is 4.98 Å². The number of aromatic nitrogens is 4. The molecular weight excluding hydrogens is 246 g/mol. The van der Waals surface area contributed by atoms with Gasteiger partial charge in [-0.15, -0.1) is 0 Å². The van der Waals surface area contributed by atoms with E-state index in [0.29, 0.717) is 11.5 Å². The molecule has 0 saturated heterocycles. The van der Waals surface area contributed by atoms with Crippen LogP contribution in [0.2, 0.25) is 0 Å². The monoisotopic (exact) mass is 251 g/mol. The molecule has 0 saturated carbocycles. The molecule has 6 heteroatoms. The van der Waals surface area contributed by atoms with E-state index < -0.39 is 0 Å². The Kier molecular flexibility index (Phi) is 2.36. The Hall–Kier alpha value is -1.56. The molecule has 0 aliphatic rings. The van der Waals surface area contributed by atoms with Gasteiger partial charge in [0.1, 0.15) is 12.0 Å². The first-order chi connectivity index (χ1) is 6.75. The lowest BCUT2D eigenvalue weighted by Crippen LogP contribution is -1.98. The van der Waals surface area contributed by atoms with Crippen molar-refractivity contribution in [2.24, 2.45) is 0 Å². The number of nitrogens with zero attached hydrogens (tertiary/aromatic N) is 4. The van der Waals surface area contributed by atoms with Crippen molar-refractivity contribution in [2.75, 3.05) is 5.73 Å². The van der Waals surface area contributed by atoms with Crippen LogP contribution in [0.25, 0.3) is 11.5 Å². The van der Waals surface area contributed by atoms with Crippen LogP contribution in [0.5, 0.6) is 0 Å². The second-order valence-electron chi connectivity index (χ2n) is 2.53. The van der Waals surface area contributed by atoms with Gasteiger partial charge in [-0.05, 0) is 28.1 Å². The van der Waals surface area contributed by atoms with Crippen LogP contribution in [-0.2, 0) is 0 Å². The summed E-state index contributed by atoms with van der Waals surface area (Å²) >= 11 is 3.29. The van der Waals surface area contributed by atoms with Crippen LogP contribution in [0, 0.1) is 0 Å². The third-order valence-electron chi connectivity index (χ3n) is 1.55. The molecule has 0 fully saturated rings. The molecule has 0 atom stereocenters. The molecule has 0 aliphatic heterocycles. The Morgan fingerprint density at radius 3 is 2.64 bits per heavy atom. The zero-order chi connectivity index (χ0) is 9.97. The van der Waals surface area contributed by atoms with Crippen LogP contribution in [0.3, 0.4) is 0 Å². The number of rotatable bonds is 1. The summed E-state index contributed by atoms with van der Waals surface area (Å²) in [5.74, 6) is 0.671. The van der Waals surface area contributed by atoms with Crippen molar-refractivity contribution < 1.29 is 0 Å². The molecule has 0 amide bonds. The van der Waals surface area contributed by atoms with Crippen LogP contribution < -0.4 is 5.73 Å². The van der Waals surface area contributed by atoms with E-state index in [2.05, 4.69) is 35.9 Å². The predicted molar refractivity (Wildman–Crippen MR) is 55.2 cm³/mol. The maximum Gasteiger partial charge on any atom is 0.223 e. The lowest BCUT2D eigenvalue weighted by Gasteiger charge is -1.98. The largest absolute Gasteiger partial charge is 0.368 e. The number of pyridine rings is 1. The van der Waals surface area contributed by atoms with E-state index in [-0.39, 0.29) is 5.95 Å². The fraction of sp³-hybridized carbons (Fsp3) is 0. The number of anilines is 1. The number of nitrogen functional groups attached to an aromatic ring is 1. The van der Waals surface area contributed by atoms with Crippen molar-refractivity contribution in [3.8, 4) is 11.5 Å². The summed E-state index contributed by atoms with van der Waals surface area (Å²) in [6.45, 7) is 0. The van der Waals surface area contributed by atoms with Gasteiger partial charge in [0, 0.05) is 10.7 Å². The fourth-order valence-corrected chi connectivity index (χ4v) is 1.17. The summed E-state index contributed by atoms with van der Waals surface area (Å²) in [4.78, 5) is 15.7. The average molecular weight is 252 g/mol. The minimum atomic E-state index is 0.194. The lowest BCUT2D eigenvalue weighted by molar-refractivity contribution is 1.05. The highest BCUT2D eigenvalue weighted by Crippen LogP contribution is 2.14. The first kappa shape index (κ1) is 9.01. The van der Waals surface area contributed by atoms with Crippen LogP contribution in [-0.4, -0.2) is 19.9 Å². The standard InChI is InChI=1S/C8H6BrN5/c9-5-1-2-6(11-3-5)7-12-4-13-8(10)14-7/h1-4H,(H2,10,12,13,14). The molecular formula is C8H6BrN5. The lowest BCUT2D eigenvalue weighted by atomic mass is 10.3. The third-order valence-corrected chi connectivity index (χ3v) is 2.02. The zero-order valence-electron chi connectivity index (χ0n) is 7.05. The Balaban J connectivity index is 2.44. The van der Waals surface area contributed by atoms with Crippen LogP contribution in [0.1, 0.15) is 0 Å². The quantitative estimate of drug-likeness (QED) is 0.827. The van der Waals surface area contributed by atoms with Gasteiger partial charge in [-0.2, -0.15) is 4.98 Å². The number of hydrogen-bond acceptors (Lipinski definition) is 5. The molecule has 2 aromatic heterocycles. The second-order valence-corrected chi connectivity index (χ2v) is 3.44. The molecule has 2 rings (SSSR count).